The average Bonchev–Trinajstić information content (AvgIpc) is 2.97. The summed E-state index contributed by atoms with van der Waals surface area (Å²) in [6, 6.07) is 8.86. The minimum absolute atomic E-state index is 0.469. The summed E-state index contributed by atoms with van der Waals surface area (Å²) in [5, 5.41) is 8.24. The summed E-state index contributed by atoms with van der Waals surface area (Å²) in [7, 11) is -1.79. The molecule has 1 aromatic carbocycles. The van der Waals surface area contributed by atoms with Gasteiger partial charge in [-0.15, -0.1) is 0 Å². The molecule has 0 aliphatic heterocycles. The quantitative estimate of drug-likeness (QED) is 0.856. The van der Waals surface area contributed by atoms with Crippen molar-refractivity contribution in [2.45, 2.75) is 16.7 Å². The molecule has 5 nitrogen and oxygen atoms in total. The fourth-order valence-corrected chi connectivity index (χ4v) is 4.08. The van der Waals surface area contributed by atoms with Gasteiger partial charge in [0, 0.05) is 12.2 Å². The lowest BCUT2D eigenvalue weighted by atomic mass is 10.1. The normalized spacial score (nSPS) is 30.6. The molecule has 0 saturated heterocycles. The molecule has 0 heterocycles. The van der Waals surface area contributed by atoms with Crippen LogP contribution in [0.1, 0.15) is 11.5 Å². The predicted molar refractivity (Wildman–Crippen MR) is 66.9 cm³/mol. The van der Waals surface area contributed by atoms with Crippen molar-refractivity contribution in [2.24, 2.45) is 5.73 Å². The van der Waals surface area contributed by atoms with Gasteiger partial charge < -0.3 is 10.5 Å². The summed E-state index contributed by atoms with van der Waals surface area (Å²) in [4.78, 5) is 0. The third kappa shape index (κ3) is 1.85. The average molecular weight is 266 g/mol. The molecule has 1 fully saturated rings. The third-order valence-electron chi connectivity index (χ3n) is 3.31. The minimum atomic E-state index is -3.34. The molecular formula is C12H14N2O3S. The van der Waals surface area contributed by atoms with Crippen LogP contribution in [0, 0.1) is 11.3 Å². The minimum Gasteiger partial charge on any atom is -0.497 e. The van der Waals surface area contributed by atoms with Crippen LogP contribution in [0.4, 0.5) is 0 Å². The van der Waals surface area contributed by atoms with E-state index < -0.39 is 26.5 Å². The van der Waals surface area contributed by atoms with E-state index in [0.717, 1.165) is 11.8 Å². The monoisotopic (exact) mass is 266 g/mol. The van der Waals surface area contributed by atoms with E-state index in [4.69, 9.17) is 15.7 Å². The van der Waals surface area contributed by atoms with Gasteiger partial charge in [-0.1, -0.05) is 12.1 Å². The number of benzene rings is 1. The molecule has 1 aliphatic carbocycles. The number of hydrogen-bond donors (Lipinski definition) is 1. The van der Waals surface area contributed by atoms with Gasteiger partial charge in [0.1, 0.15) is 16.5 Å². The van der Waals surface area contributed by atoms with Crippen LogP contribution in [0.15, 0.2) is 24.3 Å². The van der Waals surface area contributed by atoms with Crippen LogP contribution in [0.2, 0.25) is 0 Å². The van der Waals surface area contributed by atoms with Crippen molar-refractivity contribution in [3.05, 3.63) is 29.8 Å². The molecule has 0 aromatic heterocycles. The summed E-state index contributed by atoms with van der Waals surface area (Å²) < 4.78 is 28.3. The molecule has 3 atom stereocenters. The molecule has 1 aromatic rings. The van der Waals surface area contributed by atoms with E-state index in [1.807, 2.05) is 6.07 Å². The molecule has 18 heavy (non-hydrogen) atoms. The first kappa shape index (κ1) is 12.9. The molecule has 0 bridgehead atoms. The molecule has 2 N–H and O–H groups in total. The van der Waals surface area contributed by atoms with Gasteiger partial charge >= 0.3 is 0 Å². The number of nitriles is 1. The molecular weight excluding hydrogens is 252 g/mol. The molecule has 1 aliphatic rings. The highest BCUT2D eigenvalue weighted by Gasteiger charge is 2.69. The van der Waals surface area contributed by atoms with Gasteiger partial charge in [0.15, 0.2) is 9.84 Å². The topological polar surface area (TPSA) is 93.2 Å². The van der Waals surface area contributed by atoms with Gasteiger partial charge in [0.05, 0.1) is 13.2 Å². The standard InChI is InChI=1S/C12H14N2O3S/c1-17-9-5-3-8(4-6-9)10-11(18(2,15)16)12(10,14)7-13/h3-6,10-11H,14H2,1-2H3/t10-,11-,12-/m1/s1. The number of hydrogen-bond acceptors (Lipinski definition) is 5. The molecule has 6 heteroatoms. The number of nitrogens with two attached hydrogens (primary N) is 1. The van der Waals surface area contributed by atoms with E-state index in [2.05, 4.69) is 0 Å². The third-order valence-corrected chi connectivity index (χ3v) is 4.89. The van der Waals surface area contributed by atoms with E-state index in [1.54, 1.807) is 31.4 Å². The van der Waals surface area contributed by atoms with Crippen molar-refractivity contribution in [2.75, 3.05) is 13.4 Å². The van der Waals surface area contributed by atoms with Crippen LogP contribution in [0.3, 0.4) is 0 Å². The van der Waals surface area contributed by atoms with E-state index in [1.165, 1.54) is 0 Å². The Morgan fingerprint density at radius 3 is 2.28 bits per heavy atom. The molecule has 2 rings (SSSR count). The van der Waals surface area contributed by atoms with Crippen LogP contribution in [-0.2, 0) is 9.84 Å². The van der Waals surface area contributed by atoms with E-state index in [0.29, 0.717) is 5.75 Å². The summed E-state index contributed by atoms with van der Waals surface area (Å²) in [5.41, 5.74) is 5.28. The van der Waals surface area contributed by atoms with Crippen LogP contribution in [-0.4, -0.2) is 32.6 Å². The van der Waals surface area contributed by atoms with Crippen molar-refractivity contribution in [1.29, 1.82) is 5.26 Å². The van der Waals surface area contributed by atoms with Crippen molar-refractivity contribution >= 4 is 9.84 Å². The van der Waals surface area contributed by atoms with Gasteiger partial charge in [-0.2, -0.15) is 5.26 Å². The number of rotatable bonds is 3. The maximum absolute atomic E-state index is 11.6. The Labute approximate surface area is 106 Å². The lowest BCUT2D eigenvalue weighted by Crippen LogP contribution is -2.28. The summed E-state index contributed by atoms with van der Waals surface area (Å²) in [6.45, 7) is 0. The van der Waals surface area contributed by atoms with Crippen molar-refractivity contribution in [3.8, 4) is 11.8 Å². The molecule has 0 spiro atoms. The SMILES string of the molecule is COc1ccc([C@@H]2[C@@H](S(C)(=O)=O)[C@@]2(N)C#N)cc1. The maximum Gasteiger partial charge on any atom is 0.153 e. The smallest absolute Gasteiger partial charge is 0.153 e. The largest absolute Gasteiger partial charge is 0.497 e. The fourth-order valence-electron chi connectivity index (χ4n) is 2.37. The molecule has 0 radical (unpaired) electrons. The Balaban J connectivity index is 2.37. The Morgan fingerprint density at radius 2 is 1.94 bits per heavy atom. The maximum atomic E-state index is 11.6. The van der Waals surface area contributed by atoms with Crippen LogP contribution >= 0.6 is 0 Å². The lowest BCUT2D eigenvalue weighted by molar-refractivity contribution is 0.414. The molecule has 0 amide bonds. The summed E-state index contributed by atoms with van der Waals surface area (Å²) in [5.74, 6) is 0.207. The van der Waals surface area contributed by atoms with Gasteiger partial charge in [0.2, 0.25) is 0 Å². The van der Waals surface area contributed by atoms with Gasteiger partial charge in [-0.25, -0.2) is 8.42 Å². The highest BCUT2D eigenvalue weighted by atomic mass is 32.2. The number of ether oxygens (including phenoxy) is 1. The number of sulfone groups is 1. The second-order valence-electron chi connectivity index (χ2n) is 4.55. The lowest BCUT2D eigenvalue weighted by Gasteiger charge is -2.03. The van der Waals surface area contributed by atoms with E-state index in [9.17, 15) is 8.42 Å². The predicted octanol–water partition coefficient (Wildman–Crippen LogP) is 0.427. The second-order valence-corrected chi connectivity index (χ2v) is 6.71. The van der Waals surface area contributed by atoms with Gasteiger partial charge in [-0.3, -0.25) is 0 Å². The zero-order valence-corrected chi connectivity index (χ0v) is 10.9. The molecule has 1 saturated carbocycles. The van der Waals surface area contributed by atoms with Crippen molar-refractivity contribution in [1.82, 2.24) is 0 Å². The summed E-state index contributed by atoms with van der Waals surface area (Å²) in [6.07, 6.45) is 1.11. The second kappa shape index (κ2) is 3.97. The van der Waals surface area contributed by atoms with E-state index >= 15 is 0 Å². The Kier molecular flexibility index (Phi) is 2.84. The van der Waals surface area contributed by atoms with Gasteiger partial charge in [-0.05, 0) is 17.7 Å². The zero-order valence-electron chi connectivity index (χ0n) is 10.1. The summed E-state index contributed by atoms with van der Waals surface area (Å²) >= 11 is 0. The highest BCUT2D eigenvalue weighted by molar-refractivity contribution is 7.91. The van der Waals surface area contributed by atoms with Crippen molar-refractivity contribution < 1.29 is 13.2 Å². The van der Waals surface area contributed by atoms with Crippen molar-refractivity contribution in [3.63, 3.8) is 0 Å². The molecule has 0 unspecified atom stereocenters. The van der Waals surface area contributed by atoms with Crippen LogP contribution in [0.5, 0.6) is 5.75 Å². The van der Waals surface area contributed by atoms with E-state index in [-0.39, 0.29) is 0 Å². The zero-order chi connectivity index (χ0) is 13.6. The van der Waals surface area contributed by atoms with Crippen LogP contribution in [0.25, 0.3) is 0 Å². The number of methoxy groups -OCH3 is 1. The first-order valence-corrected chi connectivity index (χ1v) is 7.33. The Hall–Kier alpha value is -1.58. The van der Waals surface area contributed by atoms with Crippen LogP contribution < -0.4 is 10.5 Å². The Morgan fingerprint density at radius 1 is 1.39 bits per heavy atom. The first-order chi connectivity index (χ1) is 8.34. The first-order valence-electron chi connectivity index (χ1n) is 5.37. The highest BCUT2D eigenvalue weighted by Crippen LogP contribution is 2.53. The number of nitrogens with zero attached hydrogens (tertiary/aromatic N) is 1. The fraction of sp³-hybridized carbons (Fsp3) is 0.417. The Bertz CT molecular complexity index is 603. The molecule has 96 valence electrons. The van der Waals surface area contributed by atoms with Gasteiger partial charge in [0.25, 0.3) is 0 Å².